The zero-order valence-corrected chi connectivity index (χ0v) is 8.59. The SMILES string of the molecule is CNC(=O)OCCC1(N(C)C)CC1. The van der Waals surface area contributed by atoms with Crippen molar-refractivity contribution in [3.63, 3.8) is 0 Å². The molecule has 1 amide bonds. The van der Waals surface area contributed by atoms with Gasteiger partial charge in [0.2, 0.25) is 0 Å². The second-order valence-corrected chi connectivity index (χ2v) is 3.75. The van der Waals surface area contributed by atoms with Gasteiger partial charge in [-0.05, 0) is 26.9 Å². The maximum absolute atomic E-state index is 10.7. The predicted molar refractivity (Wildman–Crippen MR) is 50.7 cm³/mol. The van der Waals surface area contributed by atoms with Crippen LogP contribution in [-0.4, -0.2) is 44.3 Å². The van der Waals surface area contributed by atoms with Crippen LogP contribution in [0.25, 0.3) is 0 Å². The monoisotopic (exact) mass is 186 g/mol. The molecule has 0 radical (unpaired) electrons. The topological polar surface area (TPSA) is 41.6 Å². The van der Waals surface area contributed by atoms with E-state index in [9.17, 15) is 4.79 Å². The minimum atomic E-state index is -0.338. The van der Waals surface area contributed by atoms with E-state index in [1.165, 1.54) is 12.8 Å². The number of carbonyl (C=O) groups excluding carboxylic acids is 1. The third-order valence-electron chi connectivity index (χ3n) is 2.78. The van der Waals surface area contributed by atoms with Gasteiger partial charge in [-0.3, -0.25) is 0 Å². The molecular formula is C9H18N2O2. The smallest absolute Gasteiger partial charge is 0.406 e. The Labute approximate surface area is 79.2 Å². The van der Waals surface area contributed by atoms with Crippen LogP contribution in [0.3, 0.4) is 0 Å². The zero-order valence-electron chi connectivity index (χ0n) is 8.59. The van der Waals surface area contributed by atoms with E-state index in [0.717, 1.165) is 6.42 Å². The molecular weight excluding hydrogens is 168 g/mol. The molecule has 0 atom stereocenters. The average molecular weight is 186 g/mol. The van der Waals surface area contributed by atoms with Gasteiger partial charge in [0.25, 0.3) is 0 Å². The fraction of sp³-hybridized carbons (Fsp3) is 0.889. The van der Waals surface area contributed by atoms with Crippen LogP contribution in [0, 0.1) is 0 Å². The van der Waals surface area contributed by atoms with Crippen molar-refractivity contribution in [2.75, 3.05) is 27.7 Å². The van der Waals surface area contributed by atoms with Crippen LogP contribution < -0.4 is 5.32 Å². The summed E-state index contributed by atoms with van der Waals surface area (Å²) < 4.78 is 4.94. The lowest BCUT2D eigenvalue weighted by Crippen LogP contribution is -2.32. The Morgan fingerprint density at radius 3 is 2.54 bits per heavy atom. The van der Waals surface area contributed by atoms with Crippen LogP contribution in [-0.2, 0) is 4.74 Å². The van der Waals surface area contributed by atoms with E-state index < -0.39 is 0 Å². The lowest BCUT2D eigenvalue weighted by atomic mass is 10.2. The summed E-state index contributed by atoms with van der Waals surface area (Å²) in [5.74, 6) is 0. The lowest BCUT2D eigenvalue weighted by Gasteiger charge is -2.23. The van der Waals surface area contributed by atoms with Crippen LogP contribution >= 0.6 is 0 Å². The number of nitrogens with zero attached hydrogens (tertiary/aromatic N) is 1. The first-order chi connectivity index (χ1) is 6.10. The van der Waals surface area contributed by atoms with Crippen LogP contribution in [0.1, 0.15) is 19.3 Å². The molecule has 1 aliphatic rings. The van der Waals surface area contributed by atoms with Gasteiger partial charge in [-0.1, -0.05) is 0 Å². The van der Waals surface area contributed by atoms with Crippen LogP contribution in [0.5, 0.6) is 0 Å². The Kier molecular flexibility index (Phi) is 3.14. The van der Waals surface area contributed by atoms with Gasteiger partial charge in [0.1, 0.15) is 0 Å². The molecule has 0 saturated heterocycles. The normalized spacial score (nSPS) is 18.5. The fourth-order valence-corrected chi connectivity index (χ4v) is 1.47. The maximum Gasteiger partial charge on any atom is 0.406 e. The third kappa shape index (κ3) is 2.59. The molecule has 4 nitrogen and oxygen atoms in total. The number of hydrogen-bond acceptors (Lipinski definition) is 3. The molecule has 0 bridgehead atoms. The van der Waals surface area contributed by atoms with E-state index >= 15 is 0 Å². The van der Waals surface area contributed by atoms with E-state index in [1.807, 2.05) is 0 Å². The van der Waals surface area contributed by atoms with Crippen molar-refractivity contribution in [2.45, 2.75) is 24.8 Å². The maximum atomic E-state index is 10.7. The summed E-state index contributed by atoms with van der Waals surface area (Å²) >= 11 is 0. The Bertz CT molecular complexity index is 188. The molecule has 1 N–H and O–H groups in total. The largest absolute Gasteiger partial charge is 0.449 e. The summed E-state index contributed by atoms with van der Waals surface area (Å²) in [5.41, 5.74) is 0.314. The van der Waals surface area contributed by atoms with Crippen molar-refractivity contribution >= 4 is 6.09 Å². The first kappa shape index (κ1) is 10.3. The van der Waals surface area contributed by atoms with Crippen molar-refractivity contribution in [1.82, 2.24) is 10.2 Å². The number of nitrogens with one attached hydrogen (secondary N) is 1. The molecule has 13 heavy (non-hydrogen) atoms. The highest BCUT2D eigenvalue weighted by Crippen LogP contribution is 2.42. The van der Waals surface area contributed by atoms with Gasteiger partial charge in [-0.2, -0.15) is 0 Å². The number of ether oxygens (including phenoxy) is 1. The molecule has 0 aliphatic heterocycles. The Balaban J connectivity index is 2.16. The second-order valence-electron chi connectivity index (χ2n) is 3.75. The van der Waals surface area contributed by atoms with Gasteiger partial charge in [0.15, 0.2) is 0 Å². The van der Waals surface area contributed by atoms with Gasteiger partial charge >= 0.3 is 6.09 Å². The quantitative estimate of drug-likeness (QED) is 0.707. The van der Waals surface area contributed by atoms with E-state index in [-0.39, 0.29) is 6.09 Å². The molecule has 0 aromatic heterocycles. The van der Waals surface area contributed by atoms with Gasteiger partial charge in [-0.15, -0.1) is 0 Å². The Morgan fingerprint density at radius 1 is 1.54 bits per heavy atom. The standard InChI is InChI=1S/C9H18N2O2/c1-10-8(12)13-7-6-9(4-5-9)11(2)3/h4-7H2,1-3H3,(H,10,12). The molecule has 0 aromatic rings. The summed E-state index contributed by atoms with van der Waals surface area (Å²) in [6.45, 7) is 0.512. The summed E-state index contributed by atoms with van der Waals surface area (Å²) in [5, 5.41) is 2.43. The van der Waals surface area contributed by atoms with E-state index in [2.05, 4.69) is 24.3 Å². The molecule has 76 valence electrons. The van der Waals surface area contributed by atoms with Crippen molar-refractivity contribution < 1.29 is 9.53 Å². The molecule has 1 fully saturated rings. The van der Waals surface area contributed by atoms with Gasteiger partial charge in [0, 0.05) is 19.0 Å². The molecule has 1 aliphatic carbocycles. The van der Waals surface area contributed by atoms with Crippen LogP contribution in [0.2, 0.25) is 0 Å². The van der Waals surface area contributed by atoms with Crippen molar-refractivity contribution in [3.05, 3.63) is 0 Å². The minimum absolute atomic E-state index is 0.314. The average Bonchev–Trinajstić information content (AvgIpc) is 2.85. The minimum Gasteiger partial charge on any atom is -0.449 e. The van der Waals surface area contributed by atoms with E-state index in [1.54, 1.807) is 7.05 Å². The number of rotatable bonds is 4. The highest BCUT2D eigenvalue weighted by Gasteiger charge is 2.44. The molecule has 1 saturated carbocycles. The zero-order chi connectivity index (χ0) is 9.90. The molecule has 0 aromatic carbocycles. The van der Waals surface area contributed by atoms with Crippen molar-refractivity contribution in [2.24, 2.45) is 0 Å². The highest BCUT2D eigenvalue weighted by atomic mass is 16.5. The third-order valence-corrected chi connectivity index (χ3v) is 2.78. The molecule has 1 rings (SSSR count). The highest BCUT2D eigenvalue weighted by molar-refractivity contribution is 5.66. The predicted octanol–water partition coefficient (Wildman–Crippen LogP) is 0.827. The molecule has 4 heteroatoms. The molecule has 0 unspecified atom stereocenters. The summed E-state index contributed by atoms with van der Waals surface area (Å²) in [7, 11) is 5.72. The first-order valence-corrected chi connectivity index (χ1v) is 4.63. The molecule has 0 heterocycles. The van der Waals surface area contributed by atoms with Crippen LogP contribution in [0.15, 0.2) is 0 Å². The van der Waals surface area contributed by atoms with Gasteiger partial charge in [-0.25, -0.2) is 4.79 Å². The number of alkyl carbamates (subject to hydrolysis) is 1. The number of amides is 1. The summed E-state index contributed by atoms with van der Waals surface area (Å²) in [4.78, 5) is 13.0. The fourth-order valence-electron chi connectivity index (χ4n) is 1.47. The molecule has 0 spiro atoms. The van der Waals surface area contributed by atoms with Gasteiger partial charge in [0.05, 0.1) is 6.61 Å². The Morgan fingerprint density at radius 2 is 2.15 bits per heavy atom. The number of carbonyl (C=O) groups is 1. The van der Waals surface area contributed by atoms with Gasteiger partial charge < -0.3 is 15.0 Å². The number of hydrogen-bond donors (Lipinski definition) is 1. The first-order valence-electron chi connectivity index (χ1n) is 4.63. The lowest BCUT2D eigenvalue weighted by molar-refractivity contribution is 0.129. The van der Waals surface area contributed by atoms with E-state index in [0.29, 0.717) is 12.1 Å². The summed E-state index contributed by atoms with van der Waals surface area (Å²) in [6.07, 6.45) is 3.04. The van der Waals surface area contributed by atoms with Crippen LogP contribution in [0.4, 0.5) is 4.79 Å². The Hall–Kier alpha value is -0.770. The van der Waals surface area contributed by atoms with E-state index in [4.69, 9.17) is 4.74 Å². The van der Waals surface area contributed by atoms with Crippen molar-refractivity contribution in [1.29, 1.82) is 0 Å². The summed E-state index contributed by atoms with van der Waals surface area (Å²) in [6, 6.07) is 0. The second kappa shape index (κ2) is 3.96. The van der Waals surface area contributed by atoms with Crippen molar-refractivity contribution in [3.8, 4) is 0 Å².